The summed E-state index contributed by atoms with van der Waals surface area (Å²) in [5, 5.41) is 11.3. The van der Waals surface area contributed by atoms with E-state index in [9.17, 15) is 14.4 Å². The van der Waals surface area contributed by atoms with E-state index in [0.29, 0.717) is 30.0 Å². The van der Waals surface area contributed by atoms with Gasteiger partial charge in [-0.15, -0.1) is 0 Å². The summed E-state index contributed by atoms with van der Waals surface area (Å²) in [5.74, 6) is -1.12. The van der Waals surface area contributed by atoms with Crippen molar-refractivity contribution in [3.8, 4) is 11.5 Å². The largest absolute Gasteiger partial charge is 0.493 e. The number of carbonyl (C=O) groups excluding carboxylic acids is 2. The van der Waals surface area contributed by atoms with Gasteiger partial charge in [0.15, 0.2) is 11.5 Å². The standard InChI is InChI=1S/C16H22N2O6/c1-4-7-18(10-15(20)21)14(19)9-17-16(22)11-5-6-12(23-2)13(8-11)24-3/h5-6,8H,4,7,9-10H2,1-3H3,(H,17,22)(H,20,21). The van der Waals surface area contributed by atoms with E-state index in [4.69, 9.17) is 14.6 Å². The van der Waals surface area contributed by atoms with Crippen molar-refractivity contribution in [3.63, 3.8) is 0 Å². The third-order valence-electron chi connectivity index (χ3n) is 3.22. The van der Waals surface area contributed by atoms with Crippen LogP contribution in [0.5, 0.6) is 11.5 Å². The monoisotopic (exact) mass is 338 g/mol. The number of aliphatic carboxylic acids is 1. The van der Waals surface area contributed by atoms with Crippen molar-refractivity contribution in [2.45, 2.75) is 13.3 Å². The minimum Gasteiger partial charge on any atom is -0.493 e. The van der Waals surface area contributed by atoms with Crippen molar-refractivity contribution in [1.29, 1.82) is 0 Å². The zero-order valence-corrected chi connectivity index (χ0v) is 14.0. The molecule has 2 amide bonds. The molecule has 0 aliphatic heterocycles. The third kappa shape index (κ3) is 5.45. The van der Waals surface area contributed by atoms with Gasteiger partial charge in [0.1, 0.15) is 6.54 Å². The van der Waals surface area contributed by atoms with Crippen LogP contribution in [-0.2, 0) is 9.59 Å². The summed E-state index contributed by atoms with van der Waals surface area (Å²) in [6, 6.07) is 4.63. The minimum absolute atomic E-state index is 0.277. The number of nitrogens with zero attached hydrogens (tertiary/aromatic N) is 1. The van der Waals surface area contributed by atoms with E-state index in [2.05, 4.69) is 5.32 Å². The molecule has 8 nitrogen and oxygen atoms in total. The molecule has 24 heavy (non-hydrogen) atoms. The molecule has 0 aliphatic carbocycles. The van der Waals surface area contributed by atoms with E-state index in [-0.39, 0.29) is 13.1 Å². The van der Waals surface area contributed by atoms with Gasteiger partial charge >= 0.3 is 5.97 Å². The van der Waals surface area contributed by atoms with Crippen LogP contribution in [0.1, 0.15) is 23.7 Å². The Balaban J connectivity index is 2.70. The van der Waals surface area contributed by atoms with E-state index in [1.807, 2.05) is 6.92 Å². The van der Waals surface area contributed by atoms with Gasteiger partial charge in [0.2, 0.25) is 5.91 Å². The molecular formula is C16H22N2O6. The number of carboxylic acids is 1. The van der Waals surface area contributed by atoms with Crippen LogP contribution < -0.4 is 14.8 Å². The van der Waals surface area contributed by atoms with Gasteiger partial charge in [-0.05, 0) is 24.6 Å². The van der Waals surface area contributed by atoms with Gasteiger partial charge in [-0.25, -0.2) is 0 Å². The second-order valence-electron chi connectivity index (χ2n) is 4.96. The molecule has 0 saturated carbocycles. The Bertz CT molecular complexity index is 602. The Morgan fingerprint density at radius 3 is 2.38 bits per heavy atom. The van der Waals surface area contributed by atoms with E-state index in [1.165, 1.54) is 25.2 Å². The number of ether oxygens (including phenoxy) is 2. The van der Waals surface area contributed by atoms with Gasteiger partial charge in [0, 0.05) is 12.1 Å². The van der Waals surface area contributed by atoms with E-state index >= 15 is 0 Å². The van der Waals surface area contributed by atoms with Crippen LogP contribution in [0.3, 0.4) is 0 Å². The molecular weight excluding hydrogens is 316 g/mol. The summed E-state index contributed by atoms with van der Waals surface area (Å²) in [6.07, 6.45) is 0.628. The molecule has 0 atom stereocenters. The Morgan fingerprint density at radius 1 is 1.17 bits per heavy atom. The Labute approximate surface area is 140 Å². The van der Waals surface area contributed by atoms with E-state index in [0.717, 1.165) is 0 Å². The first-order valence-corrected chi connectivity index (χ1v) is 7.42. The summed E-state index contributed by atoms with van der Waals surface area (Å²) >= 11 is 0. The van der Waals surface area contributed by atoms with Crippen LogP contribution in [-0.4, -0.2) is 61.6 Å². The highest BCUT2D eigenvalue weighted by molar-refractivity contribution is 5.97. The van der Waals surface area contributed by atoms with Gasteiger partial charge < -0.3 is 24.8 Å². The van der Waals surface area contributed by atoms with Crippen LogP contribution in [0.2, 0.25) is 0 Å². The molecule has 0 bridgehead atoms. The van der Waals surface area contributed by atoms with Gasteiger partial charge in [-0.1, -0.05) is 6.92 Å². The summed E-state index contributed by atoms with van der Waals surface area (Å²) < 4.78 is 10.2. The molecule has 1 aromatic carbocycles. The Morgan fingerprint density at radius 2 is 1.83 bits per heavy atom. The molecule has 1 aromatic rings. The highest BCUT2D eigenvalue weighted by Gasteiger charge is 2.17. The van der Waals surface area contributed by atoms with Gasteiger partial charge in [-0.3, -0.25) is 14.4 Å². The lowest BCUT2D eigenvalue weighted by Gasteiger charge is -2.20. The average molecular weight is 338 g/mol. The van der Waals surface area contributed by atoms with Gasteiger partial charge in [0.25, 0.3) is 5.91 Å². The quantitative estimate of drug-likeness (QED) is 0.689. The topological polar surface area (TPSA) is 105 Å². The van der Waals surface area contributed by atoms with Crippen LogP contribution in [0.25, 0.3) is 0 Å². The van der Waals surface area contributed by atoms with E-state index in [1.54, 1.807) is 12.1 Å². The minimum atomic E-state index is -1.09. The molecule has 0 aliphatic rings. The summed E-state index contributed by atoms with van der Waals surface area (Å²) in [5.41, 5.74) is 0.306. The molecule has 132 valence electrons. The SMILES string of the molecule is CCCN(CC(=O)O)C(=O)CNC(=O)c1ccc(OC)c(OC)c1. The van der Waals surface area contributed by atoms with Crippen LogP contribution in [0.4, 0.5) is 0 Å². The van der Waals surface area contributed by atoms with Crippen LogP contribution in [0.15, 0.2) is 18.2 Å². The number of carboxylic acid groups (broad SMARTS) is 1. The first-order valence-electron chi connectivity index (χ1n) is 7.42. The zero-order valence-electron chi connectivity index (χ0n) is 14.0. The molecule has 0 aromatic heterocycles. The second kappa shape index (κ2) is 9.39. The molecule has 0 saturated heterocycles. The molecule has 2 N–H and O–H groups in total. The number of carbonyl (C=O) groups is 3. The first kappa shape index (κ1) is 19.3. The second-order valence-corrected chi connectivity index (χ2v) is 4.96. The maximum Gasteiger partial charge on any atom is 0.323 e. The smallest absolute Gasteiger partial charge is 0.323 e. The zero-order chi connectivity index (χ0) is 18.1. The predicted octanol–water partition coefficient (Wildman–Crippen LogP) is 0.757. The fourth-order valence-electron chi connectivity index (χ4n) is 2.07. The first-order chi connectivity index (χ1) is 11.4. The fraction of sp³-hybridized carbons (Fsp3) is 0.438. The number of benzene rings is 1. The predicted molar refractivity (Wildman–Crippen MR) is 86.4 cm³/mol. The molecule has 1 rings (SSSR count). The van der Waals surface area contributed by atoms with Crippen molar-refractivity contribution < 1.29 is 29.0 Å². The lowest BCUT2D eigenvalue weighted by Crippen LogP contribution is -2.42. The van der Waals surface area contributed by atoms with Crippen molar-refractivity contribution in [1.82, 2.24) is 10.2 Å². The summed E-state index contributed by atoms with van der Waals surface area (Å²) in [4.78, 5) is 36.1. The number of hydrogen-bond donors (Lipinski definition) is 2. The van der Waals surface area contributed by atoms with Crippen molar-refractivity contribution in [3.05, 3.63) is 23.8 Å². The number of rotatable bonds is 9. The van der Waals surface area contributed by atoms with Crippen LogP contribution in [0, 0.1) is 0 Å². The molecule has 0 spiro atoms. The van der Waals surface area contributed by atoms with Crippen molar-refractivity contribution in [2.24, 2.45) is 0 Å². The average Bonchev–Trinajstić information content (AvgIpc) is 2.57. The maximum atomic E-state index is 12.1. The highest BCUT2D eigenvalue weighted by atomic mass is 16.5. The Kier molecular flexibility index (Phi) is 7.54. The normalized spacial score (nSPS) is 9.96. The number of amides is 2. The third-order valence-corrected chi connectivity index (χ3v) is 3.22. The highest BCUT2D eigenvalue weighted by Crippen LogP contribution is 2.27. The number of methoxy groups -OCH3 is 2. The molecule has 0 radical (unpaired) electrons. The van der Waals surface area contributed by atoms with E-state index < -0.39 is 17.8 Å². The van der Waals surface area contributed by atoms with Crippen molar-refractivity contribution in [2.75, 3.05) is 33.9 Å². The van der Waals surface area contributed by atoms with Gasteiger partial charge in [-0.2, -0.15) is 0 Å². The lowest BCUT2D eigenvalue weighted by molar-refractivity contribution is -0.144. The number of hydrogen-bond acceptors (Lipinski definition) is 5. The summed E-state index contributed by atoms with van der Waals surface area (Å²) in [7, 11) is 2.94. The van der Waals surface area contributed by atoms with Crippen LogP contribution >= 0.6 is 0 Å². The fourth-order valence-corrected chi connectivity index (χ4v) is 2.07. The Hall–Kier alpha value is -2.77. The maximum absolute atomic E-state index is 12.1. The molecule has 8 heteroatoms. The molecule has 0 unspecified atom stereocenters. The van der Waals surface area contributed by atoms with Crippen molar-refractivity contribution >= 4 is 17.8 Å². The lowest BCUT2D eigenvalue weighted by atomic mass is 10.2. The number of nitrogens with one attached hydrogen (secondary N) is 1. The summed E-state index contributed by atoms with van der Waals surface area (Å²) in [6.45, 7) is 1.49. The molecule has 0 fully saturated rings. The van der Waals surface area contributed by atoms with Gasteiger partial charge in [0.05, 0.1) is 20.8 Å². The molecule has 0 heterocycles.